The van der Waals surface area contributed by atoms with Crippen molar-refractivity contribution in [1.29, 1.82) is 0 Å². The average molecular weight is 342 g/mol. The van der Waals surface area contributed by atoms with Crippen LogP contribution in [0.2, 0.25) is 0 Å². The molecule has 0 bridgehead atoms. The third kappa shape index (κ3) is 4.98. The lowest BCUT2D eigenvalue weighted by Crippen LogP contribution is -2.36. The quantitative estimate of drug-likeness (QED) is 0.926. The van der Waals surface area contributed by atoms with Crippen LogP contribution < -0.4 is 5.32 Å². The first kappa shape index (κ1) is 17.3. The van der Waals surface area contributed by atoms with Crippen molar-refractivity contribution < 1.29 is 9.53 Å². The smallest absolute Gasteiger partial charge is 0.410 e. The van der Waals surface area contributed by atoms with Crippen LogP contribution >= 0.6 is 0 Å². The molecule has 1 amide bonds. The molecule has 1 aliphatic heterocycles. The number of hydrogen-bond donors (Lipinski definition) is 1. The van der Waals surface area contributed by atoms with Crippen LogP contribution in [0.5, 0.6) is 0 Å². The molecule has 0 unspecified atom stereocenters. The van der Waals surface area contributed by atoms with Crippen molar-refractivity contribution in [3.63, 3.8) is 0 Å². The van der Waals surface area contributed by atoms with E-state index in [1.807, 2.05) is 37.7 Å². The Bertz CT molecular complexity index is 689. The van der Waals surface area contributed by atoms with Gasteiger partial charge in [0.25, 0.3) is 0 Å². The molecule has 0 radical (unpaired) electrons. The molecule has 1 fully saturated rings. The second-order valence-electron chi connectivity index (χ2n) is 7.46. The maximum atomic E-state index is 12.1. The van der Waals surface area contributed by atoms with Gasteiger partial charge >= 0.3 is 6.09 Å². The lowest BCUT2D eigenvalue weighted by Gasteiger charge is -2.24. The van der Waals surface area contributed by atoms with Crippen molar-refractivity contribution in [3.8, 4) is 0 Å². The standard InChI is InChI=1S/C19H26N4O2/c1-19(2,3)25-18(24)22-12-9-17(14-22)21-16-7-5-15(6-8-16)13-23-11-4-10-20-23/h4-8,10-11,17,21H,9,12-14H2,1-3H3/t17-/m1/s1. The van der Waals surface area contributed by atoms with Gasteiger partial charge in [0.2, 0.25) is 0 Å². The number of benzene rings is 1. The molecular formula is C19H26N4O2. The Morgan fingerprint density at radius 1 is 1.32 bits per heavy atom. The molecular weight excluding hydrogens is 316 g/mol. The molecule has 25 heavy (non-hydrogen) atoms. The van der Waals surface area contributed by atoms with Crippen molar-refractivity contribution >= 4 is 11.8 Å². The van der Waals surface area contributed by atoms with Crippen LogP contribution in [0.3, 0.4) is 0 Å². The Labute approximate surface area is 148 Å². The van der Waals surface area contributed by atoms with Gasteiger partial charge in [-0.15, -0.1) is 0 Å². The molecule has 1 aromatic heterocycles. The van der Waals surface area contributed by atoms with Gasteiger partial charge in [0, 0.05) is 37.2 Å². The van der Waals surface area contributed by atoms with E-state index in [9.17, 15) is 4.79 Å². The average Bonchev–Trinajstić information content (AvgIpc) is 3.19. The number of carbonyl (C=O) groups is 1. The van der Waals surface area contributed by atoms with Crippen LogP contribution in [-0.2, 0) is 11.3 Å². The molecule has 0 aliphatic carbocycles. The van der Waals surface area contributed by atoms with Crippen molar-refractivity contribution in [2.24, 2.45) is 0 Å². The van der Waals surface area contributed by atoms with Gasteiger partial charge in [-0.2, -0.15) is 5.10 Å². The summed E-state index contributed by atoms with van der Waals surface area (Å²) in [5.41, 5.74) is 1.82. The van der Waals surface area contributed by atoms with Gasteiger partial charge in [-0.1, -0.05) is 12.1 Å². The lowest BCUT2D eigenvalue weighted by molar-refractivity contribution is 0.0293. The van der Waals surface area contributed by atoms with E-state index in [1.54, 1.807) is 11.1 Å². The molecule has 1 aromatic carbocycles. The molecule has 1 N–H and O–H groups in total. The van der Waals surface area contributed by atoms with Gasteiger partial charge in [0.1, 0.15) is 5.60 Å². The predicted molar refractivity (Wildman–Crippen MR) is 97.6 cm³/mol. The van der Waals surface area contributed by atoms with Gasteiger partial charge in [0.15, 0.2) is 0 Å². The lowest BCUT2D eigenvalue weighted by atomic mass is 10.2. The van der Waals surface area contributed by atoms with E-state index in [-0.39, 0.29) is 12.1 Å². The van der Waals surface area contributed by atoms with E-state index in [0.29, 0.717) is 6.54 Å². The number of nitrogens with zero attached hydrogens (tertiary/aromatic N) is 3. The highest BCUT2D eigenvalue weighted by atomic mass is 16.6. The van der Waals surface area contributed by atoms with Crippen LogP contribution in [0.1, 0.15) is 32.8 Å². The second kappa shape index (κ2) is 7.17. The molecule has 6 heteroatoms. The van der Waals surface area contributed by atoms with Gasteiger partial charge in [0.05, 0.1) is 6.54 Å². The molecule has 1 saturated heterocycles. The van der Waals surface area contributed by atoms with Crippen molar-refractivity contribution in [2.75, 3.05) is 18.4 Å². The highest BCUT2D eigenvalue weighted by Crippen LogP contribution is 2.19. The zero-order valence-electron chi connectivity index (χ0n) is 15.1. The zero-order chi connectivity index (χ0) is 17.9. The number of nitrogens with one attached hydrogen (secondary N) is 1. The maximum absolute atomic E-state index is 12.1. The third-order valence-corrected chi connectivity index (χ3v) is 4.07. The van der Waals surface area contributed by atoms with Gasteiger partial charge in [-0.25, -0.2) is 4.79 Å². The van der Waals surface area contributed by atoms with Crippen LogP contribution in [0.15, 0.2) is 42.7 Å². The number of carbonyl (C=O) groups excluding carboxylic acids is 1. The second-order valence-corrected chi connectivity index (χ2v) is 7.46. The number of rotatable bonds is 4. The molecule has 6 nitrogen and oxygen atoms in total. The minimum Gasteiger partial charge on any atom is -0.444 e. The first-order chi connectivity index (χ1) is 11.9. The summed E-state index contributed by atoms with van der Waals surface area (Å²) in [7, 11) is 0. The Kier molecular flexibility index (Phi) is 4.97. The van der Waals surface area contributed by atoms with E-state index in [4.69, 9.17) is 4.74 Å². The fraction of sp³-hybridized carbons (Fsp3) is 0.474. The molecule has 134 valence electrons. The van der Waals surface area contributed by atoms with Gasteiger partial charge in [-0.3, -0.25) is 4.68 Å². The topological polar surface area (TPSA) is 59.4 Å². The Hall–Kier alpha value is -2.50. The summed E-state index contributed by atoms with van der Waals surface area (Å²) in [6, 6.07) is 10.5. The normalized spacial score (nSPS) is 17.6. The molecule has 0 saturated carbocycles. The summed E-state index contributed by atoms with van der Waals surface area (Å²) in [5, 5.41) is 7.72. The molecule has 2 heterocycles. The highest BCUT2D eigenvalue weighted by Gasteiger charge is 2.29. The molecule has 2 aromatic rings. The van der Waals surface area contributed by atoms with Crippen LogP contribution in [-0.4, -0.2) is 45.5 Å². The van der Waals surface area contributed by atoms with Gasteiger partial charge < -0.3 is 15.0 Å². The number of likely N-dealkylation sites (tertiary alicyclic amines) is 1. The molecule has 1 aliphatic rings. The van der Waals surface area contributed by atoms with E-state index in [1.165, 1.54) is 5.56 Å². The van der Waals surface area contributed by atoms with E-state index >= 15 is 0 Å². The summed E-state index contributed by atoms with van der Waals surface area (Å²) in [4.78, 5) is 13.9. The van der Waals surface area contributed by atoms with Crippen molar-refractivity contribution in [2.45, 2.75) is 45.4 Å². The van der Waals surface area contributed by atoms with Crippen LogP contribution in [0.4, 0.5) is 10.5 Å². The number of anilines is 1. The summed E-state index contributed by atoms with van der Waals surface area (Å²) < 4.78 is 7.34. The molecule has 0 spiro atoms. The largest absolute Gasteiger partial charge is 0.444 e. The fourth-order valence-electron chi connectivity index (χ4n) is 2.89. The summed E-state index contributed by atoms with van der Waals surface area (Å²) in [5.74, 6) is 0. The number of ether oxygens (including phenoxy) is 1. The van der Waals surface area contributed by atoms with Crippen LogP contribution in [0.25, 0.3) is 0 Å². The predicted octanol–water partition coefficient (Wildman–Crippen LogP) is 3.35. The first-order valence-electron chi connectivity index (χ1n) is 8.70. The van der Waals surface area contributed by atoms with Crippen molar-refractivity contribution in [1.82, 2.24) is 14.7 Å². The van der Waals surface area contributed by atoms with E-state index in [0.717, 1.165) is 25.2 Å². The SMILES string of the molecule is CC(C)(C)OC(=O)N1CC[C@@H](Nc2ccc(Cn3cccn3)cc2)C1. The summed E-state index contributed by atoms with van der Waals surface area (Å²) in [6.45, 7) is 7.83. The summed E-state index contributed by atoms with van der Waals surface area (Å²) >= 11 is 0. The van der Waals surface area contributed by atoms with Crippen LogP contribution in [0, 0.1) is 0 Å². The zero-order valence-corrected chi connectivity index (χ0v) is 15.1. The van der Waals surface area contributed by atoms with E-state index < -0.39 is 5.60 Å². The number of hydrogen-bond acceptors (Lipinski definition) is 4. The maximum Gasteiger partial charge on any atom is 0.410 e. The summed E-state index contributed by atoms with van der Waals surface area (Å²) in [6.07, 6.45) is 4.43. The monoisotopic (exact) mass is 342 g/mol. The van der Waals surface area contributed by atoms with Crippen molar-refractivity contribution in [3.05, 3.63) is 48.3 Å². The minimum atomic E-state index is -0.451. The number of aromatic nitrogens is 2. The molecule has 1 atom stereocenters. The number of amides is 1. The Morgan fingerprint density at radius 3 is 2.72 bits per heavy atom. The third-order valence-electron chi connectivity index (χ3n) is 4.07. The Balaban J connectivity index is 1.50. The van der Waals surface area contributed by atoms with Gasteiger partial charge in [-0.05, 0) is 51.0 Å². The molecule has 3 rings (SSSR count). The minimum absolute atomic E-state index is 0.230. The van der Waals surface area contributed by atoms with E-state index in [2.05, 4.69) is 34.7 Å². The highest BCUT2D eigenvalue weighted by molar-refractivity contribution is 5.68. The Morgan fingerprint density at radius 2 is 2.08 bits per heavy atom. The first-order valence-corrected chi connectivity index (χ1v) is 8.70. The fourth-order valence-corrected chi connectivity index (χ4v) is 2.89.